The normalized spacial score (nSPS) is 16.5. The molecule has 1 aromatic carbocycles. The summed E-state index contributed by atoms with van der Waals surface area (Å²) >= 11 is 0. The van der Waals surface area contributed by atoms with Crippen molar-refractivity contribution >= 4 is 16.9 Å². The number of hydrogen-bond donors (Lipinski definition) is 3. The van der Waals surface area contributed by atoms with E-state index < -0.39 is 5.91 Å². The molecular formula is C19H27N7O2. The van der Waals surface area contributed by atoms with Crippen molar-refractivity contribution in [3.63, 3.8) is 0 Å². The summed E-state index contributed by atoms with van der Waals surface area (Å²) < 4.78 is 2.23. The van der Waals surface area contributed by atoms with Crippen molar-refractivity contribution in [2.45, 2.75) is 39.3 Å². The number of fused-ring (bicyclic) bond motifs is 1. The predicted molar refractivity (Wildman–Crippen MR) is 105 cm³/mol. The Hall–Kier alpha value is -2.78. The highest BCUT2D eigenvalue weighted by Gasteiger charge is 2.31. The van der Waals surface area contributed by atoms with Crippen LogP contribution in [0.5, 0.6) is 0 Å². The van der Waals surface area contributed by atoms with Crippen LogP contribution in [0, 0.1) is 5.92 Å². The molecule has 0 fully saturated rings. The molecule has 1 aliphatic heterocycles. The van der Waals surface area contributed by atoms with Crippen LogP contribution in [0.1, 0.15) is 38.6 Å². The minimum absolute atomic E-state index is 0.0556. The van der Waals surface area contributed by atoms with Crippen LogP contribution in [0.4, 0.5) is 0 Å². The van der Waals surface area contributed by atoms with Gasteiger partial charge in [-0.1, -0.05) is 31.2 Å². The van der Waals surface area contributed by atoms with Crippen LogP contribution >= 0.6 is 0 Å². The van der Waals surface area contributed by atoms with E-state index in [0.29, 0.717) is 18.8 Å². The lowest BCUT2D eigenvalue weighted by Crippen LogP contribution is -2.29. The van der Waals surface area contributed by atoms with Gasteiger partial charge < -0.3 is 10.3 Å². The Balaban J connectivity index is 1.91. The smallest absolute Gasteiger partial charge is 0.247 e. The topological polar surface area (TPSA) is 121 Å². The number of hydroxylamine groups is 1. The SMILES string of the molecule is CC(C)C(c1nc2ccccc2n1CCCN)N1C/C(=C/CC(=O)NO)N=N1. The molecular weight excluding hydrogens is 358 g/mol. The summed E-state index contributed by atoms with van der Waals surface area (Å²) in [6.07, 6.45) is 2.59. The van der Waals surface area contributed by atoms with E-state index in [1.165, 1.54) is 0 Å². The van der Waals surface area contributed by atoms with Gasteiger partial charge in [-0.3, -0.25) is 15.0 Å². The number of para-hydroxylation sites is 2. The maximum Gasteiger partial charge on any atom is 0.247 e. The van der Waals surface area contributed by atoms with Crippen LogP contribution in [0.15, 0.2) is 46.4 Å². The Kier molecular flexibility index (Phi) is 6.37. The highest BCUT2D eigenvalue weighted by molar-refractivity contribution is 5.76. The monoisotopic (exact) mass is 385 g/mol. The van der Waals surface area contributed by atoms with Crippen molar-refractivity contribution in [3.8, 4) is 0 Å². The molecule has 0 aliphatic carbocycles. The zero-order valence-corrected chi connectivity index (χ0v) is 16.2. The molecule has 9 nitrogen and oxygen atoms in total. The maximum absolute atomic E-state index is 11.2. The summed E-state index contributed by atoms with van der Waals surface area (Å²) in [4.78, 5) is 16.1. The lowest BCUT2D eigenvalue weighted by atomic mass is 10.0. The van der Waals surface area contributed by atoms with Gasteiger partial charge in [0.1, 0.15) is 11.9 Å². The number of nitrogens with zero attached hydrogens (tertiary/aromatic N) is 5. The van der Waals surface area contributed by atoms with E-state index >= 15 is 0 Å². The van der Waals surface area contributed by atoms with Crippen LogP contribution < -0.4 is 11.2 Å². The van der Waals surface area contributed by atoms with Crippen LogP contribution in [0.2, 0.25) is 0 Å². The molecule has 150 valence electrons. The summed E-state index contributed by atoms with van der Waals surface area (Å²) in [7, 11) is 0. The highest BCUT2D eigenvalue weighted by atomic mass is 16.5. The molecule has 9 heteroatoms. The number of rotatable bonds is 8. The van der Waals surface area contributed by atoms with Gasteiger partial charge in [0.05, 0.1) is 23.3 Å². The van der Waals surface area contributed by atoms with E-state index in [0.717, 1.165) is 29.8 Å². The lowest BCUT2D eigenvalue weighted by molar-refractivity contribution is -0.128. The van der Waals surface area contributed by atoms with E-state index in [1.54, 1.807) is 11.6 Å². The molecule has 1 aliphatic rings. The summed E-state index contributed by atoms with van der Waals surface area (Å²) in [5, 5.41) is 19.1. The number of aromatic nitrogens is 2. The van der Waals surface area contributed by atoms with Crippen molar-refractivity contribution in [3.05, 3.63) is 41.9 Å². The summed E-state index contributed by atoms with van der Waals surface area (Å²) in [5.41, 5.74) is 10.1. The molecule has 0 saturated carbocycles. The van der Waals surface area contributed by atoms with Crippen molar-refractivity contribution in [2.24, 2.45) is 22.0 Å². The summed E-state index contributed by atoms with van der Waals surface area (Å²) in [5.74, 6) is 0.704. The van der Waals surface area contributed by atoms with E-state index in [4.69, 9.17) is 15.9 Å². The molecule has 3 rings (SSSR count). The van der Waals surface area contributed by atoms with Crippen LogP contribution in [0.3, 0.4) is 0 Å². The number of amides is 1. The second kappa shape index (κ2) is 8.94. The number of aryl methyl sites for hydroxylation is 1. The predicted octanol–water partition coefficient (Wildman–Crippen LogP) is 2.54. The second-order valence-corrected chi connectivity index (χ2v) is 7.16. The van der Waals surface area contributed by atoms with Gasteiger partial charge in [-0.05, 0) is 37.1 Å². The van der Waals surface area contributed by atoms with Gasteiger partial charge in [-0.25, -0.2) is 10.5 Å². The maximum atomic E-state index is 11.2. The number of benzene rings is 1. The minimum atomic E-state index is -0.481. The Bertz CT molecular complexity index is 888. The van der Waals surface area contributed by atoms with Gasteiger partial charge in [-0.15, -0.1) is 5.11 Å². The highest BCUT2D eigenvalue weighted by Crippen LogP contribution is 2.34. The first-order chi connectivity index (χ1) is 13.5. The zero-order chi connectivity index (χ0) is 20.1. The standard InChI is InChI=1S/C19H27N7O2/c1-13(2)18(26-12-14(22-24-26)8-9-17(27)23-28)19-21-15-6-3-4-7-16(15)25(19)11-5-10-20/h3-4,6-8,13,18,28H,5,9-12,20H2,1-2H3,(H,23,27)/b14-8-. The van der Waals surface area contributed by atoms with Crippen LogP contribution in [-0.4, -0.2) is 38.8 Å². The molecule has 4 N–H and O–H groups in total. The average Bonchev–Trinajstić information content (AvgIpc) is 3.29. The number of carbonyl (C=O) groups excluding carboxylic acids is 1. The fourth-order valence-corrected chi connectivity index (χ4v) is 3.44. The van der Waals surface area contributed by atoms with E-state index in [2.05, 4.69) is 34.8 Å². The molecule has 2 heterocycles. The van der Waals surface area contributed by atoms with Crippen molar-refractivity contribution < 1.29 is 10.0 Å². The largest absolute Gasteiger partial charge is 0.330 e. The molecule has 0 bridgehead atoms. The summed E-state index contributed by atoms with van der Waals surface area (Å²) in [6.45, 7) is 6.16. The van der Waals surface area contributed by atoms with Gasteiger partial charge in [0.2, 0.25) is 5.91 Å². The van der Waals surface area contributed by atoms with Crippen molar-refractivity contribution in [2.75, 3.05) is 13.1 Å². The van der Waals surface area contributed by atoms with Crippen molar-refractivity contribution in [1.82, 2.24) is 20.0 Å². The molecule has 28 heavy (non-hydrogen) atoms. The van der Waals surface area contributed by atoms with Crippen LogP contribution in [-0.2, 0) is 11.3 Å². The number of nitrogens with one attached hydrogen (secondary N) is 1. The molecule has 1 atom stereocenters. The molecule has 0 saturated heterocycles. The molecule has 0 radical (unpaired) electrons. The Morgan fingerprint density at radius 2 is 2.18 bits per heavy atom. The Labute approximate surface area is 163 Å². The molecule has 0 spiro atoms. The number of imidazole rings is 1. The third kappa shape index (κ3) is 4.20. The Morgan fingerprint density at radius 1 is 1.39 bits per heavy atom. The minimum Gasteiger partial charge on any atom is -0.330 e. The Morgan fingerprint density at radius 3 is 2.89 bits per heavy atom. The van der Waals surface area contributed by atoms with Crippen molar-refractivity contribution in [1.29, 1.82) is 0 Å². The van der Waals surface area contributed by atoms with E-state index in [-0.39, 0.29) is 18.4 Å². The van der Waals surface area contributed by atoms with Crippen LogP contribution in [0.25, 0.3) is 11.0 Å². The zero-order valence-electron chi connectivity index (χ0n) is 16.2. The fraction of sp³-hybridized carbons (Fsp3) is 0.474. The first kappa shape index (κ1) is 20.0. The van der Waals surface area contributed by atoms with E-state index in [9.17, 15) is 4.79 Å². The number of nitrogens with two attached hydrogens (primary N) is 1. The molecule has 1 amide bonds. The van der Waals surface area contributed by atoms with Gasteiger partial charge in [0.15, 0.2) is 0 Å². The average molecular weight is 385 g/mol. The fourth-order valence-electron chi connectivity index (χ4n) is 3.44. The van der Waals surface area contributed by atoms with Gasteiger partial charge in [0, 0.05) is 13.0 Å². The molecule has 1 aromatic heterocycles. The lowest BCUT2D eigenvalue weighted by Gasteiger charge is -2.28. The van der Waals surface area contributed by atoms with Gasteiger partial charge in [0.25, 0.3) is 0 Å². The third-order valence-corrected chi connectivity index (χ3v) is 4.75. The first-order valence-corrected chi connectivity index (χ1v) is 9.50. The first-order valence-electron chi connectivity index (χ1n) is 9.50. The molecule has 1 unspecified atom stereocenters. The summed E-state index contributed by atoms with van der Waals surface area (Å²) in [6, 6.07) is 8.02. The van der Waals surface area contributed by atoms with Gasteiger partial charge >= 0.3 is 0 Å². The quantitative estimate of drug-likeness (QED) is 0.476. The molecule has 2 aromatic rings. The third-order valence-electron chi connectivity index (χ3n) is 4.75. The van der Waals surface area contributed by atoms with E-state index in [1.807, 2.05) is 23.2 Å². The van der Waals surface area contributed by atoms with Gasteiger partial charge in [-0.2, -0.15) is 0 Å². The second-order valence-electron chi connectivity index (χ2n) is 7.16. The number of carbonyl (C=O) groups is 1. The number of hydrogen-bond acceptors (Lipinski definition) is 7.